The van der Waals surface area contributed by atoms with Crippen molar-refractivity contribution in [2.75, 3.05) is 7.05 Å². The Hall–Kier alpha value is -0.280. The fourth-order valence-electron chi connectivity index (χ4n) is 0.971. The van der Waals surface area contributed by atoms with Crippen molar-refractivity contribution >= 4 is 15.9 Å². The summed E-state index contributed by atoms with van der Waals surface area (Å²) in [5, 5.41) is 3.22. The van der Waals surface area contributed by atoms with Crippen molar-refractivity contribution in [1.82, 2.24) is 5.32 Å². The van der Waals surface area contributed by atoms with Crippen LogP contribution in [0.15, 0.2) is 21.2 Å². The van der Waals surface area contributed by atoms with Gasteiger partial charge in [-0.1, -0.05) is 0 Å². The van der Waals surface area contributed by atoms with Gasteiger partial charge in [0.1, 0.15) is 5.76 Å². The minimum absolute atomic E-state index is 0.0945. The van der Waals surface area contributed by atoms with Crippen LogP contribution in [0.1, 0.15) is 19.6 Å². The van der Waals surface area contributed by atoms with Crippen LogP contribution in [0.3, 0.4) is 0 Å². The Morgan fingerprint density at radius 1 is 1.50 bits per heavy atom. The fourth-order valence-corrected chi connectivity index (χ4v) is 1.31. The van der Waals surface area contributed by atoms with Gasteiger partial charge in [0.25, 0.3) is 0 Å². The highest BCUT2D eigenvalue weighted by molar-refractivity contribution is 9.10. The predicted molar refractivity (Wildman–Crippen MR) is 53.3 cm³/mol. The Kier molecular flexibility index (Phi) is 2.96. The first-order valence-corrected chi connectivity index (χ1v) is 4.76. The van der Waals surface area contributed by atoms with Crippen molar-refractivity contribution in [3.8, 4) is 0 Å². The van der Waals surface area contributed by atoms with Gasteiger partial charge in [-0.05, 0) is 49.0 Å². The molecule has 0 aromatic carbocycles. The lowest BCUT2D eigenvalue weighted by molar-refractivity contribution is 0.372. The molecule has 0 saturated carbocycles. The van der Waals surface area contributed by atoms with E-state index in [-0.39, 0.29) is 5.54 Å². The maximum Gasteiger partial charge on any atom is 0.169 e. The van der Waals surface area contributed by atoms with E-state index in [2.05, 4.69) is 35.1 Å². The molecule has 1 rings (SSSR count). The van der Waals surface area contributed by atoms with E-state index < -0.39 is 0 Å². The third-order valence-corrected chi connectivity index (χ3v) is 2.35. The molecule has 0 aliphatic carbocycles. The molecule has 12 heavy (non-hydrogen) atoms. The van der Waals surface area contributed by atoms with Crippen molar-refractivity contribution in [3.05, 3.63) is 22.6 Å². The van der Waals surface area contributed by atoms with Crippen LogP contribution in [0.5, 0.6) is 0 Å². The summed E-state index contributed by atoms with van der Waals surface area (Å²) in [6.45, 7) is 4.28. The number of rotatable bonds is 3. The molecule has 0 bridgehead atoms. The van der Waals surface area contributed by atoms with Gasteiger partial charge in [-0.3, -0.25) is 0 Å². The van der Waals surface area contributed by atoms with Crippen LogP contribution in [0.2, 0.25) is 0 Å². The first kappa shape index (κ1) is 9.81. The molecule has 3 heteroatoms. The summed E-state index contributed by atoms with van der Waals surface area (Å²) in [6.07, 6.45) is 0.898. The zero-order chi connectivity index (χ0) is 9.19. The molecule has 1 aromatic heterocycles. The largest absolute Gasteiger partial charge is 0.454 e. The average molecular weight is 232 g/mol. The van der Waals surface area contributed by atoms with Gasteiger partial charge in [-0.15, -0.1) is 0 Å². The quantitative estimate of drug-likeness (QED) is 0.866. The van der Waals surface area contributed by atoms with Crippen molar-refractivity contribution in [3.63, 3.8) is 0 Å². The highest BCUT2D eigenvalue weighted by Crippen LogP contribution is 2.18. The molecule has 0 aliphatic rings. The molecule has 0 radical (unpaired) electrons. The molecule has 0 fully saturated rings. The zero-order valence-corrected chi connectivity index (χ0v) is 9.23. The van der Waals surface area contributed by atoms with Gasteiger partial charge in [-0.25, -0.2) is 0 Å². The van der Waals surface area contributed by atoms with Gasteiger partial charge in [0.2, 0.25) is 0 Å². The van der Waals surface area contributed by atoms with E-state index in [4.69, 9.17) is 4.42 Å². The maximum atomic E-state index is 5.40. The Morgan fingerprint density at radius 2 is 2.17 bits per heavy atom. The smallest absolute Gasteiger partial charge is 0.169 e. The molecular formula is C9H14BrNO. The van der Waals surface area contributed by atoms with Gasteiger partial charge < -0.3 is 9.73 Å². The van der Waals surface area contributed by atoms with Crippen molar-refractivity contribution in [2.24, 2.45) is 0 Å². The summed E-state index contributed by atoms with van der Waals surface area (Å²) in [7, 11) is 1.96. The summed E-state index contributed by atoms with van der Waals surface area (Å²) in [6, 6.07) is 3.91. The Labute approximate surface area is 81.5 Å². The van der Waals surface area contributed by atoms with Crippen molar-refractivity contribution < 1.29 is 4.42 Å². The summed E-state index contributed by atoms with van der Waals surface area (Å²) in [5.74, 6) is 1.00. The lowest BCUT2D eigenvalue weighted by Gasteiger charge is -2.22. The van der Waals surface area contributed by atoms with Crippen LogP contribution < -0.4 is 5.32 Å². The molecule has 68 valence electrons. The van der Waals surface area contributed by atoms with Crippen LogP contribution in [-0.4, -0.2) is 12.6 Å². The zero-order valence-electron chi connectivity index (χ0n) is 7.65. The lowest BCUT2D eigenvalue weighted by atomic mass is 10.00. The number of likely N-dealkylation sites (N-methyl/N-ethyl adjacent to an activating group) is 1. The number of nitrogens with one attached hydrogen (secondary N) is 1. The van der Waals surface area contributed by atoms with Gasteiger partial charge in [0, 0.05) is 12.0 Å². The van der Waals surface area contributed by atoms with Crippen molar-refractivity contribution in [1.29, 1.82) is 0 Å². The van der Waals surface area contributed by atoms with Gasteiger partial charge in [-0.2, -0.15) is 0 Å². The average Bonchev–Trinajstić information content (AvgIpc) is 2.35. The minimum Gasteiger partial charge on any atom is -0.454 e. The SMILES string of the molecule is CNC(C)(C)Cc1ccc(Br)o1. The number of furan rings is 1. The van der Waals surface area contributed by atoms with E-state index in [0.29, 0.717) is 0 Å². The molecule has 0 aliphatic heterocycles. The van der Waals surface area contributed by atoms with E-state index in [9.17, 15) is 0 Å². The molecule has 0 atom stereocenters. The standard InChI is InChI=1S/C9H14BrNO/c1-9(2,11-3)6-7-4-5-8(10)12-7/h4-5,11H,6H2,1-3H3. The van der Waals surface area contributed by atoms with E-state index in [1.54, 1.807) is 0 Å². The molecule has 1 aromatic rings. The molecule has 0 amide bonds. The van der Waals surface area contributed by atoms with Gasteiger partial charge in [0.05, 0.1) is 0 Å². The van der Waals surface area contributed by atoms with E-state index >= 15 is 0 Å². The first-order valence-electron chi connectivity index (χ1n) is 3.97. The maximum absolute atomic E-state index is 5.40. The summed E-state index contributed by atoms with van der Waals surface area (Å²) in [5.41, 5.74) is 0.0945. The molecule has 1 N–H and O–H groups in total. The number of halogens is 1. The van der Waals surface area contributed by atoms with E-state index in [0.717, 1.165) is 16.9 Å². The van der Waals surface area contributed by atoms with Crippen LogP contribution in [-0.2, 0) is 6.42 Å². The number of hydrogen-bond donors (Lipinski definition) is 1. The molecular weight excluding hydrogens is 218 g/mol. The van der Waals surface area contributed by atoms with Crippen LogP contribution >= 0.6 is 15.9 Å². The highest BCUT2D eigenvalue weighted by atomic mass is 79.9. The second-order valence-electron chi connectivity index (χ2n) is 3.52. The Morgan fingerprint density at radius 3 is 2.58 bits per heavy atom. The monoisotopic (exact) mass is 231 g/mol. The summed E-state index contributed by atoms with van der Waals surface area (Å²) >= 11 is 3.27. The molecule has 0 spiro atoms. The second kappa shape index (κ2) is 3.62. The van der Waals surface area contributed by atoms with Crippen molar-refractivity contribution in [2.45, 2.75) is 25.8 Å². The first-order chi connectivity index (χ1) is 5.53. The summed E-state index contributed by atoms with van der Waals surface area (Å²) in [4.78, 5) is 0. The van der Waals surface area contributed by atoms with E-state index in [1.807, 2.05) is 19.2 Å². The third-order valence-electron chi connectivity index (χ3n) is 1.92. The molecule has 1 heterocycles. The van der Waals surface area contributed by atoms with Crippen LogP contribution in [0, 0.1) is 0 Å². The topological polar surface area (TPSA) is 25.2 Å². The van der Waals surface area contributed by atoms with E-state index in [1.165, 1.54) is 0 Å². The Bertz CT molecular complexity index is 255. The minimum atomic E-state index is 0.0945. The van der Waals surface area contributed by atoms with Crippen LogP contribution in [0.25, 0.3) is 0 Å². The Balaban J connectivity index is 2.63. The van der Waals surface area contributed by atoms with Gasteiger partial charge in [0.15, 0.2) is 4.67 Å². The van der Waals surface area contributed by atoms with Gasteiger partial charge >= 0.3 is 0 Å². The van der Waals surface area contributed by atoms with Crippen LogP contribution in [0.4, 0.5) is 0 Å². The lowest BCUT2D eigenvalue weighted by Crippen LogP contribution is -2.38. The molecule has 2 nitrogen and oxygen atoms in total. The predicted octanol–water partition coefficient (Wildman–Crippen LogP) is 2.58. The fraction of sp³-hybridized carbons (Fsp3) is 0.556. The molecule has 0 unspecified atom stereocenters. The second-order valence-corrected chi connectivity index (χ2v) is 4.30. The highest BCUT2D eigenvalue weighted by Gasteiger charge is 2.17. The third kappa shape index (κ3) is 2.64. The summed E-state index contributed by atoms with van der Waals surface area (Å²) < 4.78 is 6.19. The normalized spacial score (nSPS) is 12.0. The number of hydrogen-bond acceptors (Lipinski definition) is 2. The molecule has 0 saturated heterocycles.